The van der Waals surface area contributed by atoms with Crippen molar-refractivity contribution in [2.24, 2.45) is 0 Å². The van der Waals surface area contributed by atoms with E-state index >= 15 is 0 Å². The molecule has 0 aliphatic carbocycles. The van der Waals surface area contributed by atoms with Gasteiger partial charge in [0.05, 0.1) is 0 Å². The molecule has 0 spiro atoms. The third-order valence-electron chi connectivity index (χ3n) is 4.85. The topological polar surface area (TPSA) is 73.9 Å². The predicted molar refractivity (Wildman–Crippen MR) is 103 cm³/mol. The highest BCUT2D eigenvalue weighted by Crippen LogP contribution is 2.23. The zero-order chi connectivity index (χ0) is 17.9. The Morgan fingerprint density at radius 3 is 3.08 bits per heavy atom. The minimum Gasteiger partial charge on any atom is -0.370 e. The molecule has 6 heteroatoms. The van der Waals surface area contributed by atoms with Crippen LogP contribution < -0.4 is 5.32 Å². The van der Waals surface area contributed by atoms with Crippen LogP contribution in [0.1, 0.15) is 24.8 Å². The summed E-state index contributed by atoms with van der Waals surface area (Å²) >= 11 is 0. The number of rotatable bonds is 6. The molecule has 1 saturated heterocycles. The normalized spacial score (nSPS) is 14.3. The molecule has 1 aliphatic heterocycles. The van der Waals surface area contributed by atoms with Crippen molar-refractivity contribution in [3.63, 3.8) is 0 Å². The van der Waals surface area contributed by atoms with Crippen molar-refractivity contribution in [3.05, 3.63) is 42.2 Å². The number of nitrogens with zero attached hydrogens (tertiary/aromatic N) is 3. The van der Waals surface area contributed by atoms with Gasteiger partial charge >= 0.3 is 0 Å². The van der Waals surface area contributed by atoms with E-state index in [4.69, 9.17) is 4.98 Å². The molecule has 6 nitrogen and oxygen atoms in total. The molecule has 1 amide bonds. The van der Waals surface area contributed by atoms with Gasteiger partial charge in [0.1, 0.15) is 5.82 Å². The van der Waals surface area contributed by atoms with Gasteiger partial charge in [-0.05, 0) is 44.0 Å². The minimum absolute atomic E-state index is 0.283. The molecule has 0 radical (unpaired) electrons. The first kappa shape index (κ1) is 16.6. The molecule has 1 aromatic carbocycles. The van der Waals surface area contributed by atoms with Crippen LogP contribution in [0.4, 0.5) is 5.82 Å². The van der Waals surface area contributed by atoms with Gasteiger partial charge in [0, 0.05) is 60.5 Å². The van der Waals surface area contributed by atoms with Gasteiger partial charge in [-0.1, -0.05) is 0 Å². The van der Waals surface area contributed by atoms with Gasteiger partial charge in [0.2, 0.25) is 5.91 Å². The number of aryl methyl sites for hydroxylation is 1. The van der Waals surface area contributed by atoms with Crippen LogP contribution in [-0.2, 0) is 4.79 Å². The van der Waals surface area contributed by atoms with Crippen LogP contribution in [0.3, 0.4) is 0 Å². The molecule has 134 valence electrons. The molecule has 0 saturated carbocycles. The molecule has 2 aromatic heterocycles. The van der Waals surface area contributed by atoms with Crippen molar-refractivity contribution in [2.45, 2.75) is 26.2 Å². The number of hydrogen-bond donors (Lipinski definition) is 2. The van der Waals surface area contributed by atoms with Gasteiger partial charge in [0.15, 0.2) is 5.82 Å². The lowest BCUT2D eigenvalue weighted by Crippen LogP contribution is -2.27. The average Bonchev–Trinajstić information content (AvgIpc) is 3.28. The van der Waals surface area contributed by atoms with Crippen LogP contribution >= 0.6 is 0 Å². The Kier molecular flexibility index (Phi) is 4.56. The molecule has 0 bridgehead atoms. The van der Waals surface area contributed by atoms with Gasteiger partial charge in [-0.2, -0.15) is 0 Å². The molecule has 1 fully saturated rings. The highest BCUT2D eigenvalue weighted by atomic mass is 16.2. The number of carbonyl (C=O) groups is 1. The Labute approximate surface area is 152 Å². The second kappa shape index (κ2) is 7.15. The summed E-state index contributed by atoms with van der Waals surface area (Å²) in [5, 5.41) is 4.55. The van der Waals surface area contributed by atoms with E-state index in [-0.39, 0.29) is 5.91 Å². The molecule has 3 aromatic rings. The van der Waals surface area contributed by atoms with Gasteiger partial charge in [-0.15, -0.1) is 0 Å². The molecule has 0 atom stereocenters. The summed E-state index contributed by atoms with van der Waals surface area (Å²) in [5.74, 6) is 1.86. The lowest BCUT2D eigenvalue weighted by atomic mass is 10.1. The van der Waals surface area contributed by atoms with Crippen molar-refractivity contribution in [1.82, 2.24) is 19.9 Å². The number of anilines is 1. The number of amides is 1. The first-order valence-corrected chi connectivity index (χ1v) is 9.13. The van der Waals surface area contributed by atoms with E-state index < -0.39 is 0 Å². The van der Waals surface area contributed by atoms with Gasteiger partial charge in [-0.3, -0.25) is 4.79 Å². The quantitative estimate of drug-likeness (QED) is 0.669. The third-order valence-corrected chi connectivity index (χ3v) is 4.85. The number of fused-ring (bicyclic) bond motifs is 1. The number of aromatic nitrogens is 3. The molecule has 0 unspecified atom stereocenters. The second-order valence-corrected chi connectivity index (χ2v) is 6.77. The van der Waals surface area contributed by atoms with E-state index in [1.165, 1.54) is 0 Å². The van der Waals surface area contributed by atoms with Gasteiger partial charge < -0.3 is 15.2 Å². The molecule has 3 heterocycles. The Morgan fingerprint density at radius 1 is 1.31 bits per heavy atom. The van der Waals surface area contributed by atoms with E-state index in [2.05, 4.69) is 21.4 Å². The standard InChI is InChI=1S/C20H23N5O/c1-14-13-23-20(16-5-6-17-15(12-16)7-9-21-17)24-19(14)22-8-3-11-25-10-2-4-18(25)26/h5-7,9,12-13,21H,2-4,8,10-11H2,1H3,(H,22,23,24). The van der Waals surface area contributed by atoms with Gasteiger partial charge in [-0.25, -0.2) is 9.97 Å². The summed E-state index contributed by atoms with van der Waals surface area (Å²) in [6.45, 7) is 4.51. The van der Waals surface area contributed by atoms with Crippen LogP contribution in [-0.4, -0.2) is 45.4 Å². The average molecular weight is 349 g/mol. The largest absolute Gasteiger partial charge is 0.370 e. The molecule has 26 heavy (non-hydrogen) atoms. The molecule has 1 aliphatic rings. The molecular formula is C20H23N5O. The Bertz CT molecular complexity index is 933. The summed E-state index contributed by atoms with van der Waals surface area (Å²) in [6.07, 6.45) is 6.40. The maximum Gasteiger partial charge on any atom is 0.222 e. The van der Waals surface area contributed by atoms with Crippen molar-refractivity contribution in [1.29, 1.82) is 0 Å². The molecular weight excluding hydrogens is 326 g/mol. The Hall–Kier alpha value is -2.89. The first-order chi connectivity index (χ1) is 12.7. The molecule has 2 N–H and O–H groups in total. The first-order valence-electron chi connectivity index (χ1n) is 9.13. The second-order valence-electron chi connectivity index (χ2n) is 6.77. The van der Waals surface area contributed by atoms with Gasteiger partial charge in [0.25, 0.3) is 0 Å². The van der Waals surface area contributed by atoms with Crippen molar-refractivity contribution in [3.8, 4) is 11.4 Å². The monoisotopic (exact) mass is 349 g/mol. The number of carbonyl (C=O) groups excluding carboxylic acids is 1. The zero-order valence-corrected chi connectivity index (χ0v) is 15.0. The predicted octanol–water partition coefficient (Wildman–Crippen LogP) is 3.36. The maximum absolute atomic E-state index is 11.7. The summed E-state index contributed by atoms with van der Waals surface area (Å²) in [7, 11) is 0. The number of likely N-dealkylation sites (tertiary alicyclic amines) is 1. The van der Waals surface area contributed by atoms with E-state index in [1.807, 2.05) is 42.4 Å². The van der Waals surface area contributed by atoms with Crippen LogP contribution in [0.5, 0.6) is 0 Å². The number of H-pyrrole nitrogens is 1. The summed E-state index contributed by atoms with van der Waals surface area (Å²) in [5.41, 5.74) is 3.13. The summed E-state index contributed by atoms with van der Waals surface area (Å²) < 4.78 is 0. The molecule has 4 rings (SSSR count). The lowest BCUT2D eigenvalue weighted by Gasteiger charge is -2.16. The minimum atomic E-state index is 0.283. The SMILES string of the molecule is Cc1cnc(-c2ccc3[nH]ccc3c2)nc1NCCCN1CCCC1=O. The fourth-order valence-corrected chi connectivity index (χ4v) is 3.37. The lowest BCUT2D eigenvalue weighted by molar-refractivity contribution is -0.127. The number of hydrogen-bond acceptors (Lipinski definition) is 4. The van der Waals surface area contributed by atoms with Crippen molar-refractivity contribution in [2.75, 3.05) is 25.0 Å². The highest BCUT2D eigenvalue weighted by Gasteiger charge is 2.19. The van der Waals surface area contributed by atoms with E-state index in [0.717, 1.165) is 66.1 Å². The Balaban J connectivity index is 1.43. The maximum atomic E-state index is 11.7. The van der Waals surface area contributed by atoms with E-state index in [9.17, 15) is 4.79 Å². The summed E-state index contributed by atoms with van der Waals surface area (Å²) in [4.78, 5) is 26.0. The third kappa shape index (κ3) is 3.40. The van der Waals surface area contributed by atoms with Crippen LogP contribution in [0, 0.1) is 6.92 Å². The Morgan fingerprint density at radius 2 is 2.23 bits per heavy atom. The smallest absolute Gasteiger partial charge is 0.222 e. The number of nitrogens with one attached hydrogen (secondary N) is 2. The van der Waals surface area contributed by atoms with Crippen LogP contribution in [0.15, 0.2) is 36.7 Å². The van der Waals surface area contributed by atoms with Crippen molar-refractivity contribution >= 4 is 22.6 Å². The highest BCUT2D eigenvalue weighted by molar-refractivity contribution is 5.84. The number of aromatic amines is 1. The van der Waals surface area contributed by atoms with Crippen LogP contribution in [0.25, 0.3) is 22.3 Å². The van der Waals surface area contributed by atoms with Crippen LogP contribution in [0.2, 0.25) is 0 Å². The summed E-state index contributed by atoms with van der Waals surface area (Å²) in [6, 6.07) is 8.23. The zero-order valence-electron chi connectivity index (χ0n) is 15.0. The van der Waals surface area contributed by atoms with E-state index in [1.54, 1.807) is 0 Å². The fraction of sp³-hybridized carbons (Fsp3) is 0.350. The number of benzene rings is 1. The fourth-order valence-electron chi connectivity index (χ4n) is 3.37. The van der Waals surface area contributed by atoms with Crippen molar-refractivity contribution < 1.29 is 4.79 Å². The van der Waals surface area contributed by atoms with E-state index in [0.29, 0.717) is 6.42 Å².